The molecule has 3 heterocycles. The van der Waals surface area contributed by atoms with Crippen molar-refractivity contribution in [2.24, 2.45) is 0 Å². The molecule has 1 saturated heterocycles. The maximum absolute atomic E-state index is 13.4. The van der Waals surface area contributed by atoms with Crippen LogP contribution in [0, 0.1) is 0 Å². The van der Waals surface area contributed by atoms with Crippen LogP contribution in [-0.2, 0) is 24.1 Å². The van der Waals surface area contributed by atoms with E-state index >= 15 is 0 Å². The maximum atomic E-state index is 13.4. The molecule has 1 unspecified atom stereocenters. The summed E-state index contributed by atoms with van der Waals surface area (Å²) in [5.41, 5.74) is 5.74. The lowest BCUT2D eigenvalue weighted by atomic mass is 10.0. The van der Waals surface area contributed by atoms with Gasteiger partial charge in [0.25, 0.3) is 0 Å². The summed E-state index contributed by atoms with van der Waals surface area (Å²) in [4.78, 5) is 25.1. The SMILES string of the molecule is CCc1nn(C2CCCC2)c2cc(N3CCN(C(=O)Cc4c[nH]cn4)C(Cc4ccccc4)C3)ccc12. The highest BCUT2D eigenvalue weighted by Crippen LogP contribution is 2.35. The lowest BCUT2D eigenvalue weighted by molar-refractivity contribution is -0.133. The molecule has 2 aromatic heterocycles. The average Bonchev–Trinajstić information content (AvgIpc) is 3.70. The number of piperazine rings is 1. The second-order valence-corrected chi connectivity index (χ2v) is 10.5. The number of H-pyrrole nitrogens is 1. The minimum atomic E-state index is 0.101. The van der Waals surface area contributed by atoms with Crippen molar-refractivity contribution in [2.45, 2.75) is 64.0 Å². The fourth-order valence-corrected chi connectivity index (χ4v) is 6.20. The molecule has 1 amide bonds. The van der Waals surface area contributed by atoms with Crippen molar-refractivity contribution in [2.75, 3.05) is 24.5 Å². The number of hydrogen-bond donors (Lipinski definition) is 1. The third-order valence-corrected chi connectivity index (χ3v) is 8.14. The molecule has 1 aliphatic carbocycles. The van der Waals surface area contributed by atoms with Crippen molar-refractivity contribution in [1.82, 2.24) is 24.6 Å². The molecule has 0 radical (unpaired) electrons. The third-order valence-electron chi connectivity index (χ3n) is 8.14. The van der Waals surface area contributed by atoms with Gasteiger partial charge in [0, 0.05) is 36.9 Å². The smallest absolute Gasteiger partial charge is 0.229 e. The van der Waals surface area contributed by atoms with E-state index in [-0.39, 0.29) is 11.9 Å². The Morgan fingerprint density at radius 2 is 1.92 bits per heavy atom. The lowest BCUT2D eigenvalue weighted by Crippen LogP contribution is -2.56. The van der Waals surface area contributed by atoms with Gasteiger partial charge in [0.05, 0.1) is 41.7 Å². The van der Waals surface area contributed by atoms with Crippen molar-refractivity contribution in [3.63, 3.8) is 0 Å². The number of carbonyl (C=O) groups excluding carboxylic acids is 1. The Balaban J connectivity index is 1.28. The predicted molar refractivity (Wildman–Crippen MR) is 147 cm³/mol. The number of benzene rings is 2. The van der Waals surface area contributed by atoms with Crippen LogP contribution < -0.4 is 4.90 Å². The van der Waals surface area contributed by atoms with Gasteiger partial charge in [-0.15, -0.1) is 0 Å². The molecule has 1 aliphatic heterocycles. The Bertz CT molecular complexity index is 1340. The Labute approximate surface area is 218 Å². The van der Waals surface area contributed by atoms with Crippen LogP contribution in [0.1, 0.15) is 55.6 Å². The Hall–Kier alpha value is -3.61. The van der Waals surface area contributed by atoms with Crippen LogP contribution >= 0.6 is 0 Å². The van der Waals surface area contributed by atoms with Gasteiger partial charge in [0.15, 0.2) is 0 Å². The molecule has 4 aromatic rings. The van der Waals surface area contributed by atoms with Crippen LogP contribution in [0.25, 0.3) is 10.9 Å². The van der Waals surface area contributed by atoms with E-state index in [1.165, 1.54) is 53.5 Å². The van der Waals surface area contributed by atoms with E-state index in [1.807, 2.05) is 12.3 Å². The quantitative estimate of drug-likeness (QED) is 0.394. The predicted octanol–water partition coefficient (Wildman–Crippen LogP) is 4.94. The van der Waals surface area contributed by atoms with Crippen LogP contribution in [0.2, 0.25) is 0 Å². The molecule has 2 aliphatic rings. The number of rotatable bonds is 7. The normalized spacial score (nSPS) is 18.7. The van der Waals surface area contributed by atoms with Crippen molar-refractivity contribution >= 4 is 22.5 Å². The number of imidazole rings is 1. The molecule has 1 saturated carbocycles. The number of nitrogens with zero attached hydrogens (tertiary/aromatic N) is 5. The highest BCUT2D eigenvalue weighted by Gasteiger charge is 2.31. The molecule has 0 spiro atoms. The average molecular weight is 497 g/mol. The highest BCUT2D eigenvalue weighted by atomic mass is 16.2. The summed E-state index contributed by atoms with van der Waals surface area (Å²) < 4.78 is 2.32. The summed E-state index contributed by atoms with van der Waals surface area (Å²) in [5, 5.41) is 6.34. The van der Waals surface area contributed by atoms with Gasteiger partial charge < -0.3 is 14.8 Å². The van der Waals surface area contributed by atoms with Crippen molar-refractivity contribution in [1.29, 1.82) is 0 Å². The van der Waals surface area contributed by atoms with Gasteiger partial charge in [-0.05, 0) is 49.4 Å². The maximum Gasteiger partial charge on any atom is 0.229 e. The molecule has 2 aromatic carbocycles. The van der Waals surface area contributed by atoms with Crippen molar-refractivity contribution < 1.29 is 4.79 Å². The Morgan fingerprint density at radius 1 is 1.08 bits per heavy atom. The Morgan fingerprint density at radius 3 is 2.68 bits per heavy atom. The fraction of sp³-hybridized carbons (Fsp3) is 0.433. The summed E-state index contributed by atoms with van der Waals surface area (Å²) in [6, 6.07) is 18.0. The molecule has 2 fully saturated rings. The number of aryl methyl sites for hydroxylation is 1. The zero-order valence-electron chi connectivity index (χ0n) is 21.6. The molecule has 7 nitrogen and oxygen atoms in total. The summed E-state index contributed by atoms with van der Waals surface area (Å²) in [5.74, 6) is 0.148. The zero-order valence-corrected chi connectivity index (χ0v) is 21.6. The van der Waals surface area contributed by atoms with Gasteiger partial charge in [-0.3, -0.25) is 9.48 Å². The number of hydrogen-bond acceptors (Lipinski definition) is 4. The van der Waals surface area contributed by atoms with Gasteiger partial charge in [-0.25, -0.2) is 4.98 Å². The monoisotopic (exact) mass is 496 g/mol. The van der Waals surface area contributed by atoms with E-state index in [2.05, 4.69) is 73.8 Å². The molecule has 192 valence electrons. The molecule has 0 bridgehead atoms. The van der Waals surface area contributed by atoms with E-state index in [1.54, 1.807) is 6.33 Å². The fourth-order valence-electron chi connectivity index (χ4n) is 6.20. The van der Waals surface area contributed by atoms with Crippen LogP contribution in [0.4, 0.5) is 5.69 Å². The van der Waals surface area contributed by atoms with Gasteiger partial charge in [-0.2, -0.15) is 5.10 Å². The molecule has 1 N–H and O–H groups in total. The summed E-state index contributed by atoms with van der Waals surface area (Å²) in [6.07, 6.45) is 10.6. The number of fused-ring (bicyclic) bond motifs is 1. The van der Waals surface area contributed by atoms with E-state index in [0.29, 0.717) is 19.0 Å². The highest BCUT2D eigenvalue weighted by molar-refractivity contribution is 5.86. The Kier molecular flexibility index (Phi) is 6.68. The number of anilines is 1. The lowest BCUT2D eigenvalue weighted by Gasteiger charge is -2.42. The standard InChI is InChI=1S/C30H36N6O/c1-2-28-27-13-12-25(18-29(27)36(33-28)24-10-6-7-11-24)34-14-15-35(30(37)17-23-19-31-21-32-23)26(20-34)16-22-8-4-3-5-9-22/h3-5,8-9,12-13,18-19,21,24,26H,2,6-7,10-11,14-17,20H2,1H3,(H,31,32). The number of aromatic nitrogens is 4. The third kappa shape index (κ3) is 4.87. The summed E-state index contributed by atoms with van der Waals surface area (Å²) in [7, 11) is 0. The topological polar surface area (TPSA) is 70.1 Å². The number of carbonyl (C=O) groups is 1. The second kappa shape index (κ2) is 10.4. The molecule has 1 atom stereocenters. The number of nitrogens with one attached hydrogen (secondary N) is 1. The van der Waals surface area contributed by atoms with Crippen LogP contribution in [0.5, 0.6) is 0 Å². The molecule has 6 rings (SSSR count). The second-order valence-electron chi connectivity index (χ2n) is 10.5. The van der Waals surface area contributed by atoms with E-state index < -0.39 is 0 Å². The first-order valence-corrected chi connectivity index (χ1v) is 13.8. The summed E-state index contributed by atoms with van der Waals surface area (Å²) in [6.45, 7) is 4.54. The first kappa shape index (κ1) is 23.8. The van der Waals surface area contributed by atoms with Gasteiger partial charge >= 0.3 is 0 Å². The van der Waals surface area contributed by atoms with Gasteiger partial charge in [-0.1, -0.05) is 50.1 Å². The van der Waals surface area contributed by atoms with E-state index in [4.69, 9.17) is 5.10 Å². The molecular formula is C30H36N6O. The van der Waals surface area contributed by atoms with Crippen LogP contribution in [0.15, 0.2) is 61.1 Å². The van der Waals surface area contributed by atoms with Crippen molar-refractivity contribution in [3.8, 4) is 0 Å². The molecular weight excluding hydrogens is 460 g/mol. The molecule has 37 heavy (non-hydrogen) atoms. The van der Waals surface area contributed by atoms with Crippen molar-refractivity contribution in [3.05, 3.63) is 78.0 Å². The van der Waals surface area contributed by atoms with E-state index in [9.17, 15) is 4.79 Å². The zero-order chi connectivity index (χ0) is 25.2. The minimum absolute atomic E-state index is 0.101. The van der Waals surface area contributed by atoms with Gasteiger partial charge in [0.2, 0.25) is 5.91 Å². The molecule has 7 heteroatoms. The first-order chi connectivity index (χ1) is 18.2. The van der Waals surface area contributed by atoms with Gasteiger partial charge in [0.1, 0.15) is 0 Å². The van der Waals surface area contributed by atoms with E-state index in [0.717, 1.165) is 31.6 Å². The first-order valence-electron chi connectivity index (χ1n) is 13.8. The largest absolute Gasteiger partial charge is 0.368 e. The minimum Gasteiger partial charge on any atom is -0.368 e. The number of amides is 1. The number of aromatic amines is 1. The van der Waals surface area contributed by atoms with Crippen LogP contribution in [-0.4, -0.2) is 56.2 Å². The van der Waals surface area contributed by atoms with Crippen LogP contribution in [0.3, 0.4) is 0 Å². The summed E-state index contributed by atoms with van der Waals surface area (Å²) >= 11 is 0.